The highest BCUT2D eigenvalue weighted by atomic mass is 79.9. The van der Waals surface area contributed by atoms with E-state index >= 15 is 0 Å². The van der Waals surface area contributed by atoms with E-state index in [1.54, 1.807) is 4.68 Å². The first-order valence-corrected chi connectivity index (χ1v) is 7.78. The van der Waals surface area contributed by atoms with Gasteiger partial charge in [-0.1, -0.05) is 47.2 Å². The first kappa shape index (κ1) is 13.7. The largest absolute Gasteiger partial charge is 0.290 e. The number of alkyl halides is 2. The second-order valence-corrected chi connectivity index (χ2v) is 5.83. The number of fused-ring (bicyclic) bond motifs is 1. The van der Waals surface area contributed by atoms with Crippen LogP contribution in [0.2, 0.25) is 0 Å². The number of ketones is 1. The van der Waals surface area contributed by atoms with Gasteiger partial charge in [0, 0.05) is 12.3 Å². The molecule has 3 rings (SSSR count). The third-order valence-corrected chi connectivity index (χ3v) is 4.49. The minimum Gasteiger partial charge on any atom is -0.290 e. The summed E-state index contributed by atoms with van der Waals surface area (Å²) < 4.78 is 15.8. The van der Waals surface area contributed by atoms with Crippen molar-refractivity contribution in [1.82, 2.24) is 14.8 Å². The molecule has 0 saturated carbocycles. The lowest BCUT2D eigenvalue weighted by Crippen LogP contribution is -2.22. The van der Waals surface area contributed by atoms with Gasteiger partial charge in [0.25, 0.3) is 0 Å². The van der Waals surface area contributed by atoms with Crippen molar-refractivity contribution in [2.75, 3.05) is 5.33 Å². The molecule has 4 atom stereocenters. The molecule has 0 bridgehead atoms. The van der Waals surface area contributed by atoms with Crippen molar-refractivity contribution in [3.8, 4) is 0 Å². The van der Waals surface area contributed by atoms with Gasteiger partial charge < -0.3 is 0 Å². The molecule has 0 N–H and O–H groups in total. The smallest absolute Gasteiger partial charge is 0.218 e. The number of allylic oxidation sites excluding steroid dienone is 4. The molecule has 2 unspecified atom stereocenters. The normalized spacial score (nSPS) is 31.6. The molecular formula is C14H15BrFN3O. The molecule has 0 saturated heterocycles. The molecule has 0 radical (unpaired) electrons. The molecule has 2 heterocycles. The molecule has 0 fully saturated rings. The van der Waals surface area contributed by atoms with Crippen molar-refractivity contribution < 1.29 is 9.18 Å². The van der Waals surface area contributed by atoms with Crippen LogP contribution in [0.1, 0.15) is 42.0 Å². The third-order valence-electron chi connectivity index (χ3n) is 3.98. The van der Waals surface area contributed by atoms with Gasteiger partial charge >= 0.3 is 0 Å². The van der Waals surface area contributed by atoms with Crippen LogP contribution in [0.15, 0.2) is 24.3 Å². The summed E-state index contributed by atoms with van der Waals surface area (Å²) in [6, 6.07) is -0.0689. The second-order valence-electron chi connectivity index (χ2n) is 5.27. The lowest BCUT2D eigenvalue weighted by molar-refractivity contribution is 0.101. The molecule has 4 nitrogen and oxygen atoms in total. The second kappa shape index (κ2) is 5.24. The number of carbonyl (C=O) groups excluding carboxylic acids is 1. The Morgan fingerprint density at radius 2 is 2.25 bits per heavy atom. The Morgan fingerprint density at radius 3 is 2.95 bits per heavy atom. The van der Waals surface area contributed by atoms with Crippen LogP contribution in [-0.2, 0) is 0 Å². The van der Waals surface area contributed by atoms with Crippen LogP contribution in [0.25, 0.3) is 0 Å². The maximum absolute atomic E-state index is 14.1. The van der Waals surface area contributed by atoms with E-state index in [-0.39, 0.29) is 34.7 Å². The molecule has 2 aliphatic rings. The SMILES string of the molecule is CC1C=CC=CC1[C@@H]1C[C@H](F)c2nc(C(=O)CBr)nn21. The van der Waals surface area contributed by atoms with E-state index in [0.717, 1.165) is 0 Å². The van der Waals surface area contributed by atoms with Gasteiger partial charge in [0.2, 0.25) is 11.6 Å². The zero-order valence-electron chi connectivity index (χ0n) is 11.0. The van der Waals surface area contributed by atoms with Crippen molar-refractivity contribution in [2.45, 2.75) is 25.6 Å². The van der Waals surface area contributed by atoms with E-state index in [1.165, 1.54) is 0 Å². The number of hydrogen-bond donors (Lipinski definition) is 0. The van der Waals surface area contributed by atoms with Crippen LogP contribution in [-0.4, -0.2) is 25.9 Å². The van der Waals surface area contributed by atoms with Gasteiger partial charge in [-0.3, -0.25) is 4.79 Å². The summed E-state index contributed by atoms with van der Waals surface area (Å²) in [7, 11) is 0. The molecule has 106 valence electrons. The lowest BCUT2D eigenvalue weighted by atomic mass is 9.83. The van der Waals surface area contributed by atoms with Gasteiger partial charge in [0.05, 0.1) is 11.4 Å². The van der Waals surface area contributed by atoms with Gasteiger partial charge in [0.1, 0.15) is 0 Å². The molecule has 1 aliphatic heterocycles. The van der Waals surface area contributed by atoms with Crippen LogP contribution in [0.4, 0.5) is 4.39 Å². The summed E-state index contributed by atoms with van der Waals surface area (Å²) in [5.41, 5.74) is 0. The predicted molar refractivity (Wildman–Crippen MR) is 76.6 cm³/mol. The molecule has 0 amide bonds. The molecule has 1 aromatic heterocycles. The Morgan fingerprint density at radius 1 is 1.50 bits per heavy atom. The Kier molecular flexibility index (Phi) is 3.58. The average molecular weight is 340 g/mol. The van der Waals surface area contributed by atoms with Crippen LogP contribution in [0.3, 0.4) is 0 Å². The zero-order valence-corrected chi connectivity index (χ0v) is 12.6. The average Bonchev–Trinajstić information content (AvgIpc) is 3.00. The van der Waals surface area contributed by atoms with Gasteiger partial charge in [-0.2, -0.15) is 0 Å². The highest BCUT2D eigenvalue weighted by molar-refractivity contribution is 9.09. The highest BCUT2D eigenvalue weighted by Crippen LogP contribution is 2.43. The molecule has 1 aromatic rings. The van der Waals surface area contributed by atoms with Crippen molar-refractivity contribution in [2.24, 2.45) is 11.8 Å². The number of rotatable bonds is 3. The minimum atomic E-state index is -1.14. The van der Waals surface area contributed by atoms with Crippen molar-refractivity contribution in [3.63, 3.8) is 0 Å². The summed E-state index contributed by atoms with van der Waals surface area (Å²) >= 11 is 3.09. The summed E-state index contributed by atoms with van der Waals surface area (Å²) in [5, 5.41) is 4.38. The maximum atomic E-state index is 14.1. The van der Waals surface area contributed by atoms with E-state index in [9.17, 15) is 9.18 Å². The minimum absolute atomic E-state index is 0.0689. The van der Waals surface area contributed by atoms with E-state index in [0.29, 0.717) is 12.3 Å². The fourth-order valence-corrected chi connectivity index (χ4v) is 3.17. The van der Waals surface area contributed by atoms with Gasteiger partial charge in [0.15, 0.2) is 12.0 Å². The fraction of sp³-hybridized carbons (Fsp3) is 0.500. The topological polar surface area (TPSA) is 47.8 Å². The summed E-state index contributed by atoms with van der Waals surface area (Å²) in [6.07, 6.45) is 7.42. The van der Waals surface area contributed by atoms with Gasteiger partial charge in [-0.05, 0) is 5.92 Å². The maximum Gasteiger partial charge on any atom is 0.218 e. The van der Waals surface area contributed by atoms with Gasteiger partial charge in [-0.25, -0.2) is 14.1 Å². The fourth-order valence-electron chi connectivity index (χ4n) is 2.92. The van der Waals surface area contributed by atoms with E-state index in [4.69, 9.17) is 0 Å². The zero-order chi connectivity index (χ0) is 14.3. The number of hydrogen-bond acceptors (Lipinski definition) is 3. The van der Waals surface area contributed by atoms with Crippen molar-refractivity contribution >= 4 is 21.7 Å². The molecule has 20 heavy (non-hydrogen) atoms. The summed E-state index contributed by atoms with van der Waals surface area (Å²) in [5.74, 6) is 0.683. The first-order chi connectivity index (χ1) is 9.61. The number of halogens is 2. The third kappa shape index (κ3) is 2.16. The van der Waals surface area contributed by atoms with Crippen molar-refractivity contribution in [3.05, 3.63) is 36.0 Å². The van der Waals surface area contributed by atoms with E-state index < -0.39 is 6.17 Å². The lowest BCUT2D eigenvalue weighted by Gasteiger charge is -2.26. The predicted octanol–water partition coefficient (Wildman–Crippen LogP) is 3.19. The van der Waals surface area contributed by atoms with Crippen LogP contribution < -0.4 is 0 Å². The standard InChI is InChI=1S/C14H15BrFN3O/c1-8-4-2-3-5-9(8)11-6-10(16)14-17-13(12(20)7-15)18-19(11)14/h2-5,8-11H,6-7H2,1H3/t8?,9?,10-,11-/m0/s1. The summed E-state index contributed by atoms with van der Waals surface area (Å²) in [6.45, 7) is 2.11. The Balaban J connectivity index is 1.94. The molecule has 1 aliphatic carbocycles. The Bertz CT molecular complexity index is 595. The number of carbonyl (C=O) groups is 1. The van der Waals surface area contributed by atoms with Crippen molar-refractivity contribution in [1.29, 1.82) is 0 Å². The highest BCUT2D eigenvalue weighted by Gasteiger charge is 2.40. The monoisotopic (exact) mass is 339 g/mol. The van der Waals surface area contributed by atoms with Crippen LogP contribution in [0.5, 0.6) is 0 Å². The molecule has 0 aromatic carbocycles. The van der Waals surface area contributed by atoms with Gasteiger partial charge in [-0.15, -0.1) is 5.10 Å². The Hall–Kier alpha value is -1.30. The molecule has 0 spiro atoms. The van der Waals surface area contributed by atoms with E-state index in [1.807, 2.05) is 12.2 Å². The van der Waals surface area contributed by atoms with E-state index in [2.05, 4.69) is 45.1 Å². The quantitative estimate of drug-likeness (QED) is 0.627. The number of nitrogens with zero attached hydrogens (tertiary/aromatic N) is 3. The Labute approximate surface area is 124 Å². The number of Topliss-reactive ketones (excluding diaryl/α,β-unsaturated/α-hetero) is 1. The van der Waals surface area contributed by atoms with Crippen LogP contribution >= 0.6 is 15.9 Å². The first-order valence-electron chi connectivity index (χ1n) is 6.66. The van der Waals surface area contributed by atoms with Crippen LogP contribution in [0, 0.1) is 11.8 Å². The summed E-state index contributed by atoms with van der Waals surface area (Å²) in [4.78, 5) is 15.7. The molecule has 6 heteroatoms. The number of aromatic nitrogens is 3. The molecular weight excluding hydrogens is 325 g/mol.